The van der Waals surface area contributed by atoms with Crippen molar-refractivity contribution in [3.8, 4) is 5.69 Å². The van der Waals surface area contributed by atoms with Crippen molar-refractivity contribution < 1.29 is 0 Å². The molecule has 0 unspecified atom stereocenters. The second-order valence-electron chi connectivity index (χ2n) is 17.5. The summed E-state index contributed by atoms with van der Waals surface area (Å²) < 4.78 is 5.15. The minimum atomic E-state index is -0.0897. The van der Waals surface area contributed by atoms with Gasteiger partial charge in [-0.1, -0.05) is 90.1 Å². The van der Waals surface area contributed by atoms with Crippen LogP contribution >= 0.6 is 0 Å². The van der Waals surface area contributed by atoms with Crippen LogP contribution in [0.1, 0.15) is 52.7 Å². The Morgan fingerprint density at radius 2 is 1.24 bits per heavy atom. The Balaban J connectivity index is 1.43. The summed E-state index contributed by atoms with van der Waals surface area (Å²) in [6.45, 7) is 13.8. The zero-order valence-corrected chi connectivity index (χ0v) is 31.4. The predicted octanol–water partition coefficient (Wildman–Crippen LogP) is 9.93. The van der Waals surface area contributed by atoms with Crippen LogP contribution in [0.2, 0.25) is 0 Å². The SMILES string of the molecule is CC(C)(C)c1ccc2c(c1)c1c3c4c(c5c6cc(C(C)(C)C)ccc6n2c15)-n1c2ccccc2c2ccnc(c21)B4c1ccncc1N3c1ccccc1. The first kappa shape index (κ1) is 30.3. The molecule has 2 aliphatic rings. The van der Waals surface area contributed by atoms with E-state index in [2.05, 4.69) is 165 Å². The van der Waals surface area contributed by atoms with Crippen molar-refractivity contribution in [2.24, 2.45) is 0 Å². The molecule has 0 saturated carbocycles. The van der Waals surface area contributed by atoms with E-state index >= 15 is 0 Å². The molecule has 0 radical (unpaired) electrons. The molecule has 0 N–H and O–H groups in total. The molecule has 5 aromatic heterocycles. The van der Waals surface area contributed by atoms with Gasteiger partial charge in [-0.25, -0.2) is 0 Å². The lowest BCUT2D eigenvalue weighted by Crippen LogP contribution is -2.61. The summed E-state index contributed by atoms with van der Waals surface area (Å²) in [6.07, 6.45) is 6.05. The van der Waals surface area contributed by atoms with E-state index in [0.29, 0.717) is 0 Å². The van der Waals surface area contributed by atoms with Crippen LogP contribution in [-0.4, -0.2) is 25.6 Å². The minimum Gasteiger partial charge on any atom is -0.309 e. The molecule has 0 atom stereocenters. The number of hydrogen-bond donors (Lipinski definition) is 0. The van der Waals surface area contributed by atoms with Gasteiger partial charge in [-0.3, -0.25) is 9.97 Å². The first-order chi connectivity index (χ1) is 26.1. The lowest BCUT2D eigenvalue weighted by Gasteiger charge is -2.40. The highest BCUT2D eigenvalue weighted by Gasteiger charge is 2.46. The lowest BCUT2D eigenvalue weighted by molar-refractivity contribution is 0.591. The fourth-order valence-electron chi connectivity index (χ4n) is 9.98. The van der Waals surface area contributed by atoms with E-state index in [-0.39, 0.29) is 17.5 Å². The van der Waals surface area contributed by atoms with Crippen molar-refractivity contribution in [3.63, 3.8) is 0 Å². The van der Waals surface area contributed by atoms with Gasteiger partial charge in [0.2, 0.25) is 0 Å². The highest BCUT2D eigenvalue weighted by atomic mass is 15.2. The molecule has 0 saturated heterocycles. The van der Waals surface area contributed by atoms with Gasteiger partial charge in [0.25, 0.3) is 6.71 Å². The van der Waals surface area contributed by atoms with E-state index in [4.69, 9.17) is 9.97 Å². The summed E-state index contributed by atoms with van der Waals surface area (Å²) in [6, 6.07) is 38.7. The third-order valence-electron chi connectivity index (χ3n) is 12.4. The number of benzene rings is 5. The van der Waals surface area contributed by atoms with E-state index in [1.807, 2.05) is 12.4 Å². The number of rotatable bonds is 1. The molecule has 5 nitrogen and oxygen atoms in total. The van der Waals surface area contributed by atoms with Gasteiger partial charge in [-0.2, -0.15) is 0 Å². The summed E-state index contributed by atoms with van der Waals surface area (Å²) in [5, 5.41) is 7.67. The van der Waals surface area contributed by atoms with Gasteiger partial charge < -0.3 is 13.9 Å². The number of hydrogen-bond acceptors (Lipinski definition) is 3. The van der Waals surface area contributed by atoms with Crippen LogP contribution in [0, 0.1) is 0 Å². The standard InChI is InChI=1S/C48H38BN5/c1-47(2,3)27-16-18-36-32(24-27)39-43-40(33-25-28(48(4,5)6)17-19-37(33)53(36)43)45-41-44(39)52(29-12-8-7-9-13-29)38-26-50-22-21-34(38)49(41)46-42-31(20-23-51-46)30-14-10-11-15-35(30)54(42)45/h7-26H,1-6H3. The molecule has 0 bridgehead atoms. The molecule has 12 rings (SSSR count). The molecule has 6 heteroatoms. The van der Waals surface area contributed by atoms with Crippen LogP contribution in [0.15, 0.2) is 122 Å². The van der Waals surface area contributed by atoms with Crippen molar-refractivity contribution >= 4 is 100 Å². The third kappa shape index (κ3) is 3.61. The predicted molar refractivity (Wildman–Crippen MR) is 228 cm³/mol. The van der Waals surface area contributed by atoms with E-state index in [9.17, 15) is 0 Å². The maximum atomic E-state index is 5.33. The van der Waals surface area contributed by atoms with E-state index in [0.717, 1.165) is 17.0 Å². The van der Waals surface area contributed by atoms with Crippen LogP contribution < -0.4 is 21.4 Å². The normalized spacial score (nSPS) is 14.0. The second kappa shape index (κ2) is 9.89. The maximum Gasteiger partial charge on any atom is 0.275 e. The molecule has 7 heterocycles. The Labute approximate surface area is 313 Å². The van der Waals surface area contributed by atoms with Crippen LogP contribution in [0.25, 0.3) is 65.6 Å². The van der Waals surface area contributed by atoms with Gasteiger partial charge in [0.1, 0.15) is 0 Å². The summed E-state index contributed by atoms with van der Waals surface area (Å²) >= 11 is 0. The highest BCUT2D eigenvalue weighted by molar-refractivity contribution is 7.00. The molecule has 0 aliphatic carbocycles. The number of anilines is 3. The van der Waals surface area contributed by atoms with Crippen molar-refractivity contribution in [2.45, 2.75) is 52.4 Å². The second-order valence-corrected chi connectivity index (χ2v) is 17.5. The number of nitrogens with zero attached hydrogens (tertiary/aromatic N) is 5. The van der Waals surface area contributed by atoms with E-state index in [1.165, 1.54) is 93.3 Å². The van der Waals surface area contributed by atoms with Gasteiger partial charge in [0, 0.05) is 56.0 Å². The van der Waals surface area contributed by atoms with E-state index in [1.54, 1.807) is 0 Å². The van der Waals surface area contributed by atoms with Crippen molar-refractivity contribution in [1.29, 1.82) is 0 Å². The molecule has 0 amide bonds. The van der Waals surface area contributed by atoms with Gasteiger partial charge >= 0.3 is 0 Å². The van der Waals surface area contributed by atoms with Crippen LogP contribution in [0.5, 0.6) is 0 Å². The molecule has 10 aromatic rings. The van der Waals surface area contributed by atoms with Gasteiger partial charge in [0.05, 0.1) is 50.8 Å². The summed E-state index contributed by atoms with van der Waals surface area (Å²) in [7, 11) is 0. The fraction of sp³-hybridized carbons (Fsp3) is 0.167. The largest absolute Gasteiger partial charge is 0.309 e. The molecule has 2 aliphatic heterocycles. The Bertz CT molecular complexity index is 3250. The van der Waals surface area contributed by atoms with Gasteiger partial charge in [0.15, 0.2) is 0 Å². The number of fused-ring (bicyclic) bond motifs is 15. The smallest absolute Gasteiger partial charge is 0.275 e. The highest BCUT2D eigenvalue weighted by Crippen LogP contribution is 2.52. The molecule has 0 spiro atoms. The first-order valence-electron chi connectivity index (χ1n) is 19.1. The third-order valence-corrected chi connectivity index (χ3v) is 12.4. The molecule has 258 valence electrons. The van der Waals surface area contributed by atoms with Crippen LogP contribution in [-0.2, 0) is 10.8 Å². The summed E-state index contributed by atoms with van der Waals surface area (Å²) in [4.78, 5) is 12.6. The lowest BCUT2D eigenvalue weighted by atomic mass is 9.35. The fourth-order valence-corrected chi connectivity index (χ4v) is 9.98. The van der Waals surface area contributed by atoms with Crippen LogP contribution in [0.4, 0.5) is 17.1 Å². The minimum absolute atomic E-state index is 0.0109. The number of para-hydroxylation sites is 2. The Hall–Kier alpha value is -6.14. The molecular formula is C48H38BN5. The first-order valence-corrected chi connectivity index (χ1v) is 19.1. The number of aromatic nitrogens is 4. The van der Waals surface area contributed by atoms with Crippen molar-refractivity contribution in [2.75, 3.05) is 4.90 Å². The molecular weight excluding hydrogens is 657 g/mol. The molecule has 0 fully saturated rings. The Morgan fingerprint density at radius 1 is 0.574 bits per heavy atom. The maximum absolute atomic E-state index is 5.33. The molecule has 5 aromatic carbocycles. The van der Waals surface area contributed by atoms with Crippen molar-refractivity contribution in [1.82, 2.24) is 18.9 Å². The van der Waals surface area contributed by atoms with Gasteiger partial charge in [-0.15, -0.1) is 0 Å². The van der Waals surface area contributed by atoms with Crippen molar-refractivity contribution in [3.05, 3.63) is 133 Å². The van der Waals surface area contributed by atoms with E-state index < -0.39 is 0 Å². The number of pyridine rings is 2. The summed E-state index contributed by atoms with van der Waals surface area (Å²) in [5.41, 5.74) is 17.2. The molecule has 54 heavy (non-hydrogen) atoms. The Kier molecular flexibility index (Phi) is 5.55. The average Bonchev–Trinajstić information content (AvgIpc) is 3.81. The quantitative estimate of drug-likeness (QED) is 0.161. The zero-order chi connectivity index (χ0) is 36.4. The van der Waals surface area contributed by atoms with Gasteiger partial charge in [-0.05, 0) is 87.5 Å². The zero-order valence-electron chi connectivity index (χ0n) is 31.4. The Morgan fingerprint density at radius 3 is 1.94 bits per heavy atom. The average molecular weight is 696 g/mol. The monoisotopic (exact) mass is 695 g/mol. The summed E-state index contributed by atoms with van der Waals surface area (Å²) in [5.74, 6) is 0. The topological polar surface area (TPSA) is 38.4 Å². The van der Waals surface area contributed by atoms with Crippen LogP contribution in [0.3, 0.4) is 0 Å².